The highest BCUT2D eigenvalue weighted by atomic mass is 32.2. The molecule has 3 aromatic rings. The molecule has 27 heavy (non-hydrogen) atoms. The van der Waals surface area contributed by atoms with Crippen molar-refractivity contribution in [3.8, 4) is 0 Å². The fraction of sp³-hybridized carbons (Fsp3) is 0.286. The van der Waals surface area contributed by atoms with Crippen molar-refractivity contribution < 1.29 is 0 Å². The number of pyridine rings is 2. The molecule has 1 fully saturated rings. The van der Waals surface area contributed by atoms with E-state index in [2.05, 4.69) is 56.8 Å². The molecule has 1 saturated heterocycles. The Morgan fingerprint density at radius 3 is 2.67 bits per heavy atom. The fourth-order valence-corrected chi connectivity index (χ4v) is 5.04. The van der Waals surface area contributed by atoms with Crippen LogP contribution < -0.4 is 0 Å². The monoisotopic (exact) mass is 375 g/mol. The largest absolute Gasteiger partial charge is 0.344 e. The molecule has 5 rings (SSSR count). The summed E-state index contributed by atoms with van der Waals surface area (Å²) in [5.41, 5.74) is 3.36. The van der Waals surface area contributed by atoms with Gasteiger partial charge in [0.15, 0.2) is 5.17 Å². The molecule has 3 aromatic heterocycles. The molecule has 5 heterocycles. The van der Waals surface area contributed by atoms with E-state index < -0.39 is 0 Å². The summed E-state index contributed by atoms with van der Waals surface area (Å²) in [5, 5.41) is 1.71. The van der Waals surface area contributed by atoms with Crippen LogP contribution in [0.5, 0.6) is 0 Å². The lowest BCUT2D eigenvalue weighted by molar-refractivity contribution is 0.307. The molecular weight excluding hydrogens is 354 g/mol. The molecule has 0 unspecified atom stereocenters. The van der Waals surface area contributed by atoms with Crippen molar-refractivity contribution in [2.75, 3.05) is 6.54 Å². The van der Waals surface area contributed by atoms with E-state index in [1.807, 2.05) is 48.4 Å². The Morgan fingerprint density at radius 2 is 1.89 bits per heavy atom. The maximum absolute atomic E-state index is 5.07. The van der Waals surface area contributed by atoms with E-state index >= 15 is 0 Å². The number of fused-ring (bicyclic) bond motifs is 1. The molecule has 6 heteroatoms. The molecule has 3 atom stereocenters. The molecule has 0 radical (unpaired) electrons. The lowest BCUT2D eigenvalue weighted by Gasteiger charge is -2.28. The van der Waals surface area contributed by atoms with E-state index in [9.17, 15) is 0 Å². The van der Waals surface area contributed by atoms with Gasteiger partial charge < -0.3 is 9.47 Å². The molecule has 5 nitrogen and oxygen atoms in total. The Labute approximate surface area is 163 Å². The summed E-state index contributed by atoms with van der Waals surface area (Å²) in [7, 11) is 0. The van der Waals surface area contributed by atoms with Crippen molar-refractivity contribution in [2.24, 2.45) is 4.99 Å². The predicted octanol–water partition coefficient (Wildman–Crippen LogP) is 3.92. The van der Waals surface area contributed by atoms with Gasteiger partial charge >= 0.3 is 0 Å². The van der Waals surface area contributed by atoms with Crippen molar-refractivity contribution in [1.29, 1.82) is 0 Å². The summed E-state index contributed by atoms with van der Waals surface area (Å²) >= 11 is 1.87. The second-order valence-corrected chi connectivity index (χ2v) is 8.42. The maximum Gasteiger partial charge on any atom is 0.160 e. The maximum atomic E-state index is 5.07. The number of hydrogen-bond donors (Lipinski definition) is 0. The minimum atomic E-state index is 0.0265. The van der Waals surface area contributed by atoms with Gasteiger partial charge in [0.1, 0.15) is 6.04 Å². The molecule has 0 amide bonds. The highest BCUT2D eigenvalue weighted by molar-refractivity contribution is 8.14. The zero-order valence-corrected chi connectivity index (χ0v) is 16.0. The number of aromatic nitrogens is 3. The predicted molar refractivity (Wildman–Crippen MR) is 109 cm³/mol. The van der Waals surface area contributed by atoms with Gasteiger partial charge in [0.05, 0.1) is 24.0 Å². The van der Waals surface area contributed by atoms with Crippen LogP contribution in [0.3, 0.4) is 0 Å². The number of rotatable bonds is 4. The first-order chi connectivity index (χ1) is 13.3. The van der Waals surface area contributed by atoms with Crippen molar-refractivity contribution in [3.63, 3.8) is 0 Å². The van der Waals surface area contributed by atoms with Crippen molar-refractivity contribution in [1.82, 2.24) is 19.4 Å². The number of nitrogens with zero attached hydrogens (tertiary/aromatic N) is 5. The van der Waals surface area contributed by atoms with Crippen LogP contribution in [0.15, 0.2) is 72.1 Å². The Kier molecular flexibility index (Phi) is 4.20. The minimum absolute atomic E-state index is 0.0265. The molecular formula is C21H21N5S. The van der Waals surface area contributed by atoms with Crippen LogP contribution in [0.1, 0.15) is 36.1 Å². The Hall–Kier alpha value is -2.60. The number of thioether (sulfide) groups is 1. The van der Waals surface area contributed by atoms with Crippen LogP contribution in [-0.4, -0.2) is 36.4 Å². The zero-order valence-electron chi connectivity index (χ0n) is 15.1. The minimum Gasteiger partial charge on any atom is -0.344 e. The Bertz CT molecular complexity index is 953. The first kappa shape index (κ1) is 16.6. The summed E-state index contributed by atoms with van der Waals surface area (Å²) in [6.45, 7) is 4.05. The molecule has 0 bridgehead atoms. The van der Waals surface area contributed by atoms with Crippen molar-refractivity contribution in [3.05, 3.63) is 84.2 Å². The third kappa shape index (κ3) is 3.04. The van der Waals surface area contributed by atoms with Gasteiger partial charge in [-0.3, -0.25) is 15.0 Å². The van der Waals surface area contributed by atoms with Gasteiger partial charge in [0.2, 0.25) is 0 Å². The van der Waals surface area contributed by atoms with Gasteiger partial charge in [-0.05, 0) is 36.4 Å². The van der Waals surface area contributed by atoms with E-state index in [1.165, 1.54) is 5.69 Å². The first-order valence-electron chi connectivity index (χ1n) is 9.26. The van der Waals surface area contributed by atoms with Gasteiger partial charge in [0.25, 0.3) is 0 Å². The lowest BCUT2D eigenvalue weighted by Crippen LogP contribution is -2.30. The van der Waals surface area contributed by atoms with Crippen LogP contribution in [0, 0.1) is 0 Å². The number of hydrogen-bond acceptors (Lipinski definition) is 5. The molecule has 0 saturated carbocycles. The zero-order chi connectivity index (χ0) is 18.2. The highest BCUT2D eigenvalue weighted by Crippen LogP contribution is 2.47. The Balaban J connectivity index is 1.53. The molecule has 2 aliphatic heterocycles. The first-order valence-corrected chi connectivity index (χ1v) is 10.1. The van der Waals surface area contributed by atoms with E-state index in [-0.39, 0.29) is 12.1 Å². The summed E-state index contributed by atoms with van der Waals surface area (Å²) < 4.78 is 2.30. The highest BCUT2D eigenvalue weighted by Gasteiger charge is 2.44. The normalized spacial score (nSPS) is 24.1. The molecule has 136 valence electrons. The number of aliphatic imine (C=N–C) groups is 1. The second-order valence-electron chi connectivity index (χ2n) is 7.02. The van der Waals surface area contributed by atoms with Crippen LogP contribution in [0.4, 0.5) is 0 Å². The van der Waals surface area contributed by atoms with Crippen molar-refractivity contribution >= 4 is 16.9 Å². The van der Waals surface area contributed by atoms with Gasteiger partial charge in [-0.1, -0.05) is 30.8 Å². The van der Waals surface area contributed by atoms with E-state index in [4.69, 9.17) is 4.99 Å². The van der Waals surface area contributed by atoms with Gasteiger partial charge in [-0.15, -0.1) is 0 Å². The summed E-state index contributed by atoms with van der Waals surface area (Å²) in [4.78, 5) is 16.6. The smallest absolute Gasteiger partial charge is 0.160 e. The second kappa shape index (κ2) is 6.85. The van der Waals surface area contributed by atoms with Gasteiger partial charge in [-0.2, -0.15) is 0 Å². The van der Waals surface area contributed by atoms with Gasteiger partial charge in [0, 0.05) is 36.1 Å². The number of amidine groups is 1. The standard InChI is InChI=1S/C21H21N5S/c1-15-13-26-20(19(24-21(26)27-15)17-8-3-5-11-23-17)18-9-6-12-25(18)14-16-7-2-4-10-22-16/h2-12,15,19-20H,13-14H2,1H3/t15-,19-,20-/m1/s1. The molecule has 0 aliphatic carbocycles. The van der Waals surface area contributed by atoms with Gasteiger partial charge in [-0.25, -0.2) is 0 Å². The quantitative estimate of drug-likeness (QED) is 0.693. The summed E-state index contributed by atoms with van der Waals surface area (Å²) in [5.74, 6) is 0. The Morgan fingerprint density at radius 1 is 1.04 bits per heavy atom. The summed E-state index contributed by atoms with van der Waals surface area (Å²) in [6.07, 6.45) is 5.85. The third-order valence-electron chi connectivity index (χ3n) is 5.11. The average Bonchev–Trinajstić information content (AvgIpc) is 3.37. The molecule has 0 spiro atoms. The van der Waals surface area contributed by atoms with Crippen LogP contribution >= 0.6 is 11.8 Å². The lowest BCUT2D eigenvalue weighted by atomic mass is 10.0. The van der Waals surface area contributed by atoms with Crippen molar-refractivity contribution in [2.45, 2.75) is 30.8 Å². The van der Waals surface area contributed by atoms with E-state index in [1.54, 1.807) is 0 Å². The average molecular weight is 376 g/mol. The SMILES string of the molecule is C[C@@H]1CN2C(=N[C@H](c3ccccn3)[C@H]2c2cccn2Cc2ccccn2)S1. The van der Waals surface area contributed by atoms with Crippen LogP contribution in [-0.2, 0) is 6.54 Å². The third-order valence-corrected chi connectivity index (χ3v) is 6.21. The van der Waals surface area contributed by atoms with E-state index in [0.29, 0.717) is 5.25 Å². The molecule has 0 aromatic carbocycles. The molecule has 0 N–H and O–H groups in total. The topological polar surface area (TPSA) is 46.3 Å². The molecule has 2 aliphatic rings. The van der Waals surface area contributed by atoms with E-state index in [0.717, 1.165) is 29.6 Å². The van der Waals surface area contributed by atoms with Crippen LogP contribution in [0.25, 0.3) is 0 Å². The summed E-state index contributed by atoms with van der Waals surface area (Å²) in [6, 6.07) is 16.7. The van der Waals surface area contributed by atoms with Crippen LogP contribution in [0.2, 0.25) is 0 Å². The fourth-order valence-electron chi connectivity index (χ4n) is 3.94.